The first-order valence-corrected chi connectivity index (χ1v) is 7.05. The maximum atomic E-state index is 4.37. The lowest BCUT2D eigenvalue weighted by molar-refractivity contribution is 0.540. The van der Waals surface area contributed by atoms with Gasteiger partial charge in [0.15, 0.2) is 0 Å². The molecule has 3 heteroatoms. The van der Waals surface area contributed by atoms with Crippen LogP contribution in [0.4, 0.5) is 0 Å². The Kier molecular flexibility index (Phi) is 4.51. The fraction of sp³-hybridized carbons (Fsp3) is 0.357. The monoisotopic (exact) mass is 292 g/mol. The van der Waals surface area contributed by atoms with E-state index in [1.54, 1.807) is 0 Å². The quantitative estimate of drug-likeness (QED) is 0.853. The van der Waals surface area contributed by atoms with Gasteiger partial charge in [-0.3, -0.25) is 4.98 Å². The van der Waals surface area contributed by atoms with Crippen LogP contribution in [0.5, 0.6) is 0 Å². The van der Waals surface area contributed by atoms with Crippen molar-refractivity contribution in [3.63, 3.8) is 0 Å². The zero-order valence-corrected chi connectivity index (χ0v) is 11.6. The Balaban J connectivity index is 2.13. The smallest absolute Gasteiger partial charge is 0.0705 e. The van der Waals surface area contributed by atoms with Crippen molar-refractivity contribution in [2.24, 2.45) is 0 Å². The van der Waals surface area contributed by atoms with Gasteiger partial charge in [-0.15, -0.1) is 0 Å². The van der Waals surface area contributed by atoms with Gasteiger partial charge in [0.05, 0.1) is 5.52 Å². The molecule has 0 amide bonds. The number of alkyl halides is 1. The maximum absolute atomic E-state index is 4.37. The van der Waals surface area contributed by atoms with E-state index in [-0.39, 0.29) is 0 Å². The van der Waals surface area contributed by atoms with Crippen molar-refractivity contribution < 1.29 is 0 Å². The topological polar surface area (TPSA) is 24.9 Å². The van der Waals surface area contributed by atoms with E-state index in [1.807, 2.05) is 12.3 Å². The average molecular weight is 293 g/mol. The van der Waals surface area contributed by atoms with Crippen molar-refractivity contribution in [2.75, 3.05) is 5.33 Å². The molecule has 1 N–H and O–H groups in total. The Morgan fingerprint density at radius 3 is 2.94 bits per heavy atom. The Bertz CT molecular complexity index is 479. The van der Waals surface area contributed by atoms with Crippen molar-refractivity contribution in [1.29, 1.82) is 0 Å². The summed E-state index contributed by atoms with van der Waals surface area (Å²) in [6.45, 7) is 3.11. The van der Waals surface area contributed by atoms with Crippen LogP contribution in [0.3, 0.4) is 0 Å². The third-order valence-corrected chi connectivity index (χ3v) is 3.38. The number of halogens is 1. The molecule has 0 aliphatic carbocycles. The number of nitrogens with one attached hydrogen (secondary N) is 1. The van der Waals surface area contributed by atoms with Crippen LogP contribution in [-0.4, -0.2) is 16.4 Å². The van der Waals surface area contributed by atoms with E-state index in [2.05, 4.69) is 57.4 Å². The second kappa shape index (κ2) is 6.12. The van der Waals surface area contributed by atoms with Gasteiger partial charge in [-0.25, -0.2) is 0 Å². The van der Waals surface area contributed by atoms with E-state index < -0.39 is 0 Å². The number of rotatable bonds is 5. The number of para-hydroxylation sites is 1. The normalized spacial score (nSPS) is 12.8. The lowest BCUT2D eigenvalue weighted by Crippen LogP contribution is -2.25. The fourth-order valence-corrected chi connectivity index (χ4v) is 2.55. The van der Waals surface area contributed by atoms with E-state index in [4.69, 9.17) is 0 Å². The van der Waals surface area contributed by atoms with E-state index in [9.17, 15) is 0 Å². The molecule has 0 bridgehead atoms. The van der Waals surface area contributed by atoms with Gasteiger partial charge in [0, 0.05) is 29.5 Å². The number of pyridine rings is 1. The summed E-state index contributed by atoms with van der Waals surface area (Å²) < 4.78 is 0. The highest BCUT2D eigenvalue weighted by molar-refractivity contribution is 9.09. The van der Waals surface area contributed by atoms with Crippen LogP contribution in [0.15, 0.2) is 36.5 Å². The second-order valence-electron chi connectivity index (χ2n) is 4.25. The average Bonchev–Trinajstić information content (AvgIpc) is 2.36. The Labute approximate surface area is 111 Å². The lowest BCUT2D eigenvalue weighted by Gasteiger charge is -2.13. The van der Waals surface area contributed by atoms with Gasteiger partial charge in [0.25, 0.3) is 0 Å². The zero-order valence-electron chi connectivity index (χ0n) is 9.99. The van der Waals surface area contributed by atoms with Crippen molar-refractivity contribution >= 4 is 26.8 Å². The Morgan fingerprint density at radius 1 is 1.29 bits per heavy atom. The summed E-state index contributed by atoms with van der Waals surface area (Å²) in [7, 11) is 0. The predicted molar refractivity (Wildman–Crippen MR) is 76.5 cm³/mol. The van der Waals surface area contributed by atoms with Gasteiger partial charge in [0.1, 0.15) is 0 Å². The predicted octanol–water partition coefficient (Wildman–Crippen LogP) is 3.50. The van der Waals surface area contributed by atoms with Crippen LogP contribution in [0.25, 0.3) is 10.9 Å². The van der Waals surface area contributed by atoms with Crippen LogP contribution in [0, 0.1) is 0 Å². The van der Waals surface area contributed by atoms with Gasteiger partial charge in [-0.2, -0.15) is 0 Å². The van der Waals surface area contributed by atoms with Gasteiger partial charge in [-0.1, -0.05) is 34.1 Å². The summed E-state index contributed by atoms with van der Waals surface area (Å²) in [5.41, 5.74) is 2.39. The molecule has 0 saturated heterocycles. The molecule has 2 aromatic rings. The highest BCUT2D eigenvalue weighted by atomic mass is 79.9. The van der Waals surface area contributed by atoms with Gasteiger partial charge >= 0.3 is 0 Å². The molecule has 0 radical (unpaired) electrons. The van der Waals surface area contributed by atoms with Crippen LogP contribution < -0.4 is 5.32 Å². The van der Waals surface area contributed by atoms with Gasteiger partial charge in [0.2, 0.25) is 0 Å². The molecule has 17 heavy (non-hydrogen) atoms. The van der Waals surface area contributed by atoms with Crippen LogP contribution in [0.2, 0.25) is 0 Å². The number of hydrogen-bond acceptors (Lipinski definition) is 2. The molecule has 0 aliphatic heterocycles. The molecule has 90 valence electrons. The van der Waals surface area contributed by atoms with Gasteiger partial charge in [-0.05, 0) is 31.0 Å². The van der Waals surface area contributed by atoms with Crippen LogP contribution in [0.1, 0.15) is 18.9 Å². The number of benzene rings is 1. The second-order valence-corrected chi connectivity index (χ2v) is 5.04. The minimum Gasteiger partial charge on any atom is -0.310 e. The Morgan fingerprint density at radius 2 is 2.12 bits per heavy atom. The first kappa shape index (κ1) is 12.5. The summed E-state index contributed by atoms with van der Waals surface area (Å²) >= 11 is 3.47. The summed E-state index contributed by atoms with van der Waals surface area (Å²) in [5.74, 6) is 0. The molecule has 1 aromatic heterocycles. The standard InChI is InChI=1S/C14H17BrN2/c1-11(6-8-15)17-10-12-7-9-16-14-5-3-2-4-13(12)14/h2-5,7,9,11,17H,6,8,10H2,1H3. The molecular weight excluding hydrogens is 276 g/mol. The van der Waals surface area contributed by atoms with Crippen molar-refractivity contribution in [3.8, 4) is 0 Å². The maximum Gasteiger partial charge on any atom is 0.0705 e. The molecule has 0 spiro atoms. The molecule has 0 fully saturated rings. The summed E-state index contributed by atoms with van der Waals surface area (Å²) in [6, 6.07) is 10.9. The summed E-state index contributed by atoms with van der Waals surface area (Å²) in [5, 5.41) is 5.82. The minimum atomic E-state index is 0.529. The van der Waals surface area contributed by atoms with Crippen LogP contribution >= 0.6 is 15.9 Å². The fourth-order valence-electron chi connectivity index (χ4n) is 1.86. The summed E-state index contributed by atoms with van der Waals surface area (Å²) in [6.07, 6.45) is 3.03. The first-order chi connectivity index (χ1) is 8.31. The van der Waals surface area contributed by atoms with E-state index >= 15 is 0 Å². The Hall–Kier alpha value is -0.930. The van der Waals surface area contributed by atoms with E-state index in [1.165, 1.54) is 10.9 Å². The number of nitrogens with zero attached hydrogens (tertiary/aromatic N) is 1. The van der Waals surface area contributed by atoms with E-state index in [0.29, 0.717) is 6.04 Å². The highest BCUT2D eigenvalue weighted by Gasteiger charge is 2.03. The highest BCUT2D eigenvalue weighted by Crippen LogP contribution is 2.16. The third kappa shape index (κ3) is 3.27. The molecule has 0 aliphatic rings. The molecule has 2 nitrogen and oxygen atoms in total. The molecular formula is C14H17BrN2. The van der Waals surface area contributed by atoms with E-state index in [0.717, 1.165) is 23.8 Å². The lowest BCUT2D eigenvalue weighted by atomic mass is 10.1. The first-order valence-electron chi connectivity index (χ1n) is 5.93. The number of aromatic nitrogens is 1. The zero-order chi connectivity index (χ0) is 12.1. The minimum absolute atomic E-state index is 0.529. The third-order valence-electron chi connectivity index (χ3n) is 2.92. The molecule has 1 atom stereocenters. The number of fused-ring (bicyclic) bond motifs is 1. The van der Waals surface area contributed by atoms with Crippen LogP contribution in [-0.2, 0) is 6.54 Å². The molecule has 1 unspecified atom stereocenters. The molecule has 2 rings (SSSR count). The number of hydrogen-bond donors (Lipinski definition) is 1. The largest absolute Gasteiger partial charge is 0.310 e. The molecule has 1 aromatic carbocycles. The SMILES string of the molecule is CC(CCBr)NCc1ccnc2ccccc12. The summed E-state index contributed by atoms with van der Waals surface area (Å²) in [4.78, 5) is 4.37. The molecule has 0 saturated carbocycles. The van der Waals surface area contributed by atoms with Crippen molar-refractivity contribution in [1.82, 2.24) is 10.3 Å². The van der Waals surface area contributed by atoms with Crippen molar-refractivity contribution in [3.05, 3.63) is 42.1 Å². The van der Waals surface area contributed by atoms with Crippen molar-refractivity contribution in [2.45, 2.75) is 25.9 Å². The van der Waals surface area contributed by atoms with Gasteiger partial charge < -0.3 is 5.32 Å². The molecule has 1 heterocycles.